The van der Waals surface area contributed by atoms with Gasteiger partial charge < -0.3 is 9.47 Å². The Labute approximate surface area is 130 Å². The van der Waals surface area contributed by atoms with Crippen LogP contribution in [-0.4, -0.2) is 35.2 Å². The predicted octanol–water partition coefficient (Wildman–Crippen LogP) is 1.51. The highest BCUT2D eigenvalue weighted by Crippen LogP contribution is 2.27. The number of rotatable bonds is 5. The molecule has 118 valence electrons. The molecule has 0 spiro atoms. The normalized spacial score (nSPS) is 10.7. The van der Waals surface area contributed by atoms with Gasteiger partial charge in [0.05, 0.1) is 25.4 Å². The number of hydrogen-bond acceptors (Lipinski definition) is 7. The molecule has 0 unspecified atom stereocenters. The fourth-order valence-electron chi connectivity index (χ4n) is 1.96. The van der Waals surface area contributed by atoms with E-state index in [-0.39, 0.29) is 12.1 Å². The maximum absolute atomic E-state index is 12.5. The highest BCUT2D eigenvalue weighted by Gasteiger charge is 2.20. The number of hydrogen-bond donors (Lipinski definition) is 0. The number of carbonyl (C=O) groups is 2. The van der Waals surface area contributed by atoms with Crippen molar-refractivity contribution in [3.63, 3.8) is 0 Å². The number of aryl methyl sites for hydroxylation is 1. The smallest absolute Gasteiger partial charge is 0.348 e. The van der Waals surface area contributed by atoms with E-state index < -0.39 is 11.9 Å². The first-order valence-electron chi connectivity index (χ1n) is 6.72. The summed E-state index contributed by atoms with van der Waals surface area (Å²) < 4.78 is 10.8. The van der Waals surface area contributed by atoms with Gasteiger partial charge in [-0.15, -0.1) is 11.3 Å². The Bertz CT molecular complexity index is 777. The number of ether oxygens (including phenoxy) is 2. The van der Waals surface area contributed by atoms with Crippen molar-refractivity contribution in [3.8, 4) is 0 Å². The zero-order valence-corrected chi connectivity index (χ0v) is 13.4. The van der Waals surface area contributed by atoms with E-state index in [9.17, 15) is 14.4 Å². The second-order valence-electron chi connectivity index (χ2n) is 4.63. The molecule has 0 radical (unpaired) electrons. The topological polar surface area (TPSA) is 87.5 Å². The van der Waals surface area contributed by atoms with Gasteiger partial charge >= 0.3 is 11.9 Å². The minimum absolute atomic E-state index is 0.204. The molecule has 0 saturated carbocycles. The van der Waals surface area contributed by atoms with Crippen molar-refractivity contribution in [1.29, 1.82) is 0 Å². The van der Waals surface area contributed by atoms with Gasteiger partial charge in [-0.2, -0.15) is 0 Å². The van der Waals surface area contributed by atoms with E-state index in [4.69, 9.17) is 4.74 Å². The van der Waals surface area contributed by atoms with E-state index in [0.717, 1.165) is 11.3 Å². The molecule has 2 heterocycles. The Morgan fingerprint density at radius 3 is 2.77 bits per heavy atom. The monoisotopic (exact) mass is 324 g/mol. The van der Waals surface area contributed by atoms with Crippen LogP contribution in [0.3, 0.4) is 0 Å². The molecule has 0 fully saturated rings. The van der Waals surface area contributed by atoms with E-state index >= 15 is 0 Å². The van der Waals surface area contributed by atoms with Crippen LogP contribution in [-0.2, 0) is 20.8 Å². The van der Waals surface area contributed by atoms with Crippen LogP contribution in [0.4, 0.5) is 0 Å². The molecule has 0 saturated heterocycles. The average molecular weight is 324 g/mol. The molecule has 0 atom stereocenters. The van der Waals surface area contributed by atoms with Crippen molar-refractivity contribution in [2.24, 2.45) is 0 Å². The van der Waals surface area contributed by atoms with Crippen molar-refractivity contribution >= 4 is 33.5 Å². The van der Waals surface area contributed by atoms with Gasteiger partial charge in [0.15, 0.2) is 0 Å². The lowest BCUT2D eigenvalue weighted by atomic mass is 10.2. The molecule has 0 aliphatic rings. The minimum Gasteiger partial charge on any atom is -0.465 e. The highest BCUT2D eigenvalue weighted by molar-refractivity contribution is 7.20. The minimum atomic E-state index is -0.506. The van der Waals surface area contributed by atoms with E-state index in [0.29, 0.717) is 33.7 Å². The standard InChI is InChI=1S/C14H16N2O5S/c1-4-5-21-9(17)6-16-7-15-12-10(13(16)18)8(2)11(22-12)14(19)20-3/h7H,4-6H2,1-3H3. The summed E-state index contributed by atoms with van der Waals surface area (Å²) in [5, 5.41) is 0.330. The largest absolute Gasteiger partial charge is 0.465 e. The molecular weight excluding hydrogens is 308 g/mol. The Balaban J connectivity index is 2.42. The first-order valence-corrected chi connectivity index (χ1v) is 7.53. The van der Waals surface area contributed by atoms with Crippen molar-refractivity contribution in [2.75, 3.05) is 13.7 Å². The van der Waals surface area contributed by atoms with Crippen LogP contribution in [0, 0.1) is 6.92 Å². The molecular formula is C14H16N2O5S. The summed E-state index contributed by atoms with van der Waals surface area (Å²) in [7, 11) is 1.28. The zero-order valence-electron chi connectivity index (χ0n) is 12.5. The van der Waals surface area contributed by atoms with Crippen molar-refractivity contribution in [2.45, 2.75) is 26.8 Å². The summed E-state index contributed by atoms with van der Waals surface area (Å²) in [6.45, 7) is 3.65. The third-order valence-corrected chi connectivity index (χ3v) is 4.23. The second kappa shape index (κ2) is 6.69. The summed E-state index contributed by atoms with van der Waals surface area (Å²) in [4.78, 5) is 40.7. The first kappa shape index (κ1) is 16.2. The Morgan fingerprint density at radius 2 is 2.14 bits per heavy atom. The Kier molecular flexibility index (Phi) is 4.92. The van der Waals surface area contributed by atoms with Crippen LogP contribution in [0.25, 0.3) is 10.2 Å². The molecule has 8 heteroatoms. The maximum Gasteiger partial charge on any atom is 0.348 e. The molecule has 0 aromatic carbocycles. The van der Waals surface area contributed by atoms with Crippen LogP contribution in [0.5, 0.6) is 0 Å². The predicted molar refractivity (Wildman–Crippen MR) is 81.2 cm³/mol. The van der Waals surface area contributed by atoms with Gasteiger partial charge in [0.2, 0.25) is 0 Å². The molecule has 0 N–H and O–H groups in total. The van der Waals surface area contributed by atoms with Crippen LogP contribution >= 0.6 is 11.3 Å². The third kappa shape index (κ3) is 3.01. The number of fused-ring (bicyclic) bond motifs is 1. The lowest BCUT2D eigenvalue weighted by molar-refractivity contribution is -0.144. The average Bonchev–Trinajstić information content (AvgIpc) is 2.85. The van der Waals surface area contributed by atoms with Crippen LogP contribution in [0.1, 0.15) is 28.6 Å². The number of esters is 2. The second-order valence-corrected chi connectivity index (χ2v) is 5.63. The zero-order chi connectivity index (χ0) is 16.3. The first-order chi connectivity index (χ1) is 10.5. The third-order valence-electron chi connectivity index (χ3n) is 3.05. The summed E-state index contributed by atoms with van der Waals surface area (Å²) in [5.74, 6) is -1.00. The molecule has 22 heavy (non-hydrogen) atoms. The van der Waals surface area contributed by atoms with Gasteiger partial charge in [0.1, 0.15) is 16.3 Å². The summed E-state index contributed by atoms with van der Waals surface area (Å²) in [6.07, 6.45) is 2.00. The molecule has 0 amide bonds. The number of thiophene rings is 1. The van der Waals surface area contributed by atoms with Crippen LogP contribution in [0.15, 0.2) is 11.1 Å². The van der Waals surface area contributed by atoms with E-state index in [1.54, 1.807) is 6.92 Å². The van der Waals surface area contributed by atoms with E-state index in [1.807, 2.05) is 6.92 Å². The molecule has 2 aromatic heterocycles. The van der Waals surface area contributed by atoms with Crippen molar-refractivity contribution in [3.05, 3.63) is 27.1 Å². The SMILES string of the molecule is CCCOC(=O)Cn1cnc2sc(C(=O)OC)c(C)c2c1=O. The van der Waals surface area contributed by atoms with E-state index in [1.165, 1.54) is 18.0 Å². The molecule has 7 nitrogen and oxygen atoms in total. The number of nitrogens with zero attached hydrogens (tertiary/aromatic N) is 2. The quantitative estimate of drug-likeness (QED) is 0.775. The molecule has 2 aromatic rings. The Hall–Kier alpha value is -2.22. The molecule has 0 aliphatic heterocycles. The van der Waals surface area contributed by atoms with Gasteiger partial charge in [-0.25, -0.2) is 9.78 Å². The highest BCUT2D eigenvalue weighted by atomic mass is 32.1. The number of carbonyl (C=O) groups excluding carboxylic acids is 2. The van der Waals surface area contributed by atoms with Gasteiger partial charge in [0, 0.05) is 0 Å². The van der Waals surface area contributed by atoms with E-state index in [2.05, 4.69) is 9.72 Å². The molecule has 0 aliphatic carbocycles. The van der Waals surface area contributed by atoms with Gasteiger partial charge in [-0.1, -0.05) is 6.92 Å². The van der Waals surface area contributed by atoms with Crippen molar-refractivity contribution in [1.82, 2.24) is 9.55 Å². The summed E-state index contributed by atoms with van der Waals surface area (Å²) in [6, 6.07) is 0. The summed E-state index contributed by atoms with van der Waals surface area (Å²) in [5.41, 5.74) is 0.142. The number of aromatic nitrogens is 2. The van der Waals surface area contributed by atoms with Crippen LogP contribution in [0.2, 0.25) is 0 Å². The lowest BCUT2D eigenvalue weighted by Gasteiger charge is -2.05. The summed E-state index contributed by atoms with van der Waals surface area (Å²) >= 11 is 1.10. The van der Waals surface area contributed by atoms with Crippen molar-refractivity contribution < 1.29 is 19.1 Å². The number of methoxy groups -OCH3 is 1. The lowest BCUT2D eigenvalue weighted by Crippen LogP contribution is -2.25. The van der Waals surface area contributed by atoms with Crippen LogP contribution < -0.4 is 5.56 Å². The van der Waals surface area contributed by atoms with Gasteiger partial charge in [0.25, 0.3) is 5.56 Å². The Morgan fingerprint density at radius 1 is 1.41 bits per heavy atom. The molecule has 0 bridgehead atoms. The van der Waals surface area contributed by atoms with Gasteiger partial charge in [-0.3, -0.25) is 14.2 Å². The maximum atomic E-state index is 12.5. The fraction of sp³-hybridized carbons (Fsp3) is 0.429. The van der Waals surface area contributed by atoms with Gasteiger partial charge in [-0.05, 0) is 18.9 Å². The molecule has 2 rings (SSSR count). The fourth-order valence-corrected chi connectivity index (χ4v) is 3.02.